The van der Waals surface area contributed by atoms with Gasteiger partial charge in [0.1, 0.15) is 11.0 Å². The summed E-state index contributed by atoms with van der Waals surface area (Å²) in [5, 5.41) is 10.0. The number of benzene rings is 3. The van der Waals surface area contributed by atoms with Crippen LogP contribution < -0.4 is 10.1 Å². The second kappa shape index (κ2) is 10.6. The molecule has 0 saturated carbocycles. The van der Waals surface area contributed by atoms with Crippen LogP contribution >= 0.6 is 23.4 Å². The molecular formula is C27H23ClN4O3S. The Morgan fingerprint density at radius 3 is 2.50 bits per heavy atom. The number of methoxy groups -OCH3 is 1. The van der Waals surface area contributed by atoms with Crippen molar-refractivity contribution in [2.24, 2.45) is 10.1 Å². The number of nitrogens with zero attached hydrogens (tertiary/aromatic N) is 3. The minimum absolute atomic E-state index is 0.0277. The van der Waals surface area contributed by atoms with Gasteiger partial charge in [-0.2, -0.15) is 10.1 Å². The number of hydrogen-bond donors (Lipinski definition) is 1. The quantitative estimate of drug-likeness (QED) is 0.464. The van der Waals surface area contributed by atoms with Crippen molar-refractivity contribution in [3.8, 4) is 5.75 Å². The molecule has 0 aromatic heterocycles. The number of aliphatic imine (C=N–C) groups is 1. The number of para-hydroxylation sites is 1. The van der Waals surface area contributed by atoms with E-state index in [0.29, 0.717) is 22.3 Å². The maximum atomic E-state index is 12.7. The molecule has 3 aromatic rings. The number of nitrogens with one attached hydrogen (secondary N) is 1. The lowest BCUT2D eigenvalue weighted by atomic mass is 9.98. The van der Waals surface area contributed by atoms with Gasteiger partial charge in [-0.1, -0.05) is 53.7 Å². The summed E-state index contributed by atoms with van der Waals surface area (Å²) in [6.07, 6.45) is 0.654. The van der Waals surface area contributed by atoms with Crippen LogP contribution in [0, 0.1) is 0 Å². The summed E-state index contributed by atoms with van der Waals surface area (Å²) in [5.74, 6) is 0.198. The topological polar surface area (TPSA) is 83.4 Å². The molecule has 0 bridgehead atoms. The summed E-state index contributed by atoms with van der Waals surface area (Å²) >= 11 is 7.39. The molecule has 5 rings (SSSR count). The minimum atomic E-state index is -0.602. The third-order valence-electron chi connectivity index (χ3n) is 5.94. The van der Waals surface area contributed by atoms with E-state index in [0.717, 1.165) is 22.6 Å². The van der Waals surface area contributed by atoms with Crippen molar-refractivity contribution in [2.45, 2.75) is 24.1 Å². The Balaban J connectivity index is 1.36. The van der Waals surface area contributed by atoms with E-state index in [9.17, 15) is 9.59 Å². The zero-order valence-corrected chi connectivity index (χ0v) is 21.0. The van der Waals surface area contributed by atoms with E-state index in [1.165, 1.54) is 11.8 Å². The van der Waals surface area contributed by atoms with Crippen molar-refractivity contribution in [1.82, 2.24) is 5.01 Å². The Kier molecular flexibility index (Phi) is 7.06. The molecule has 9 heteroatoms. The van der Waals surface area contributed by atoms with Gasteiger partial charge in [0.2, 0.25) is 5.91 Å². The lowest BCUT2D eigenvalue weighted by Crippen LogP contribution is -2.25. The van der Waals surface area contributed by atoms with Crippen molar-refractivity contribution >= 4 is 51.7 Å². The van der Waals surface area contributed by atoms with Crippen molar-refractivity contribution in [3.05, 3.63) is 95.0 Å². The molecule has 3 aromatic carbocycles. The van der Waals surface area contributed by atoms with E-state index >= 15 is 0 Å². The third-order valence-corrected chi connectivity index (χ3v) is 7.34. The van der Waals surface area contributed by atoms with Crippen molar-refractivity contribution < 1.29 is 14.3 Å². The van der Waals surface area contributed by atoms with Crippen LogP contribution in [-0.4, -0.2) is 40.1 Å². The average molecular weight is 519 g/mol. The molecule has 0 fully saturated rings. The van der Waals surface area contributed by atoms with Gasteiger partial charge in [-0.25, -0.2) is 5.01 Å². The number of amides is 2. The van der Waals surface area contributed by atoms with Gasteiger partial charge in [-0.3, -0.25) is 9.59 Å². The number of amidine groups is 1. The number of halogens is 1. The molecule has 182 valence electrons. The van der Waals surface area contributed by atoms with Crippen LogP contribution in [0.15, 0.2) is 89.0 Å². The van der Waals surface area contributed by atoms with Crippen molar-refractivity contribution in [3.63, 3.8) is 0 Å². The lowest BCUT2D eigenvalue weighted by molar-refractivity contribution is -0.121. The first kappa shape index (κ1) is 24.1. The lowest BCUT2D eigenvalue weighted by Gasteiger charge is -2.23. The molecule has 2 amide bonds. The number of hydrazone groups is 1. The summed E-state index contributed by atoms with van der Waals surface area (Å²) in [4.78, 5) is 29.6. The van der Waals surface area contributed by atoms with Crippen LogP contribution in [0.4, 0.5) is 5.69 Å². The Bertz CT molecular complexity index is 1330. The highest BCUT2D eigenvalue weighted by atomic mass is 35.5. The molecule has 0 radical (unpaired) electrons. The smallest absolute Gasteiger partial charge is 0.262 e. The maximum Gasteiger partial charge on any atom is 0.262 e. The largest absolute Gasteiger partial charge is 0.497 e. The fourth-order valence-electron chi connectivity index (χ4n) is 4.10. The van der Waals surface area contributed by atoms with Crippen LogP contribution in [0.25, 0.3) is 0 Å². The molecule has 0 spiro atoms. The molecular weight excluding hydrogens is 496 g/mol. The number of carbonyl (C=O) groups excluding carboxylic acids is 2. The average Bonchev–Trinajstić information content (AvgIpc) is 3.49. The van der Waals surface area contributed by atoms with Crippen molar-refractivity contribution in [2.75, 3.05) is 12.4 Å². The Morgan fingerprint density at radius 2 is 1.81 bits per heavy atom. The van der Waals surface area contributed by atoms with Crippen LogP contribution in [0.5, 0.6) is 5.75 Å². The predicted molar refractivity (Wildman–Crippen MR) is 144 cm³/mol. The van der Waals surface area contributed by atoms with Crippen molar-refractivity contribution in [1.29, 1.82) is 0 Å². The van der Waals surface area contributed by atoms with Gasteiger partial charge in [-0.05, 0) is 59.7 Å². The molecule has 2 unspecified atom stereocenters. The Morgan fingerprint density at radius 1 is 1.08 bits per heavy atom. The van der Waals surface area contributed by atoms with E-state index in [1.54, 1.807) is 24.3 Å². The molecule has 0 saturated heterocycles. The van der Waals surface area contributed by atoms with Gasteiger partial charge >= 0.3 is 0 Å². The summed E-state index contributed by atoms with van der Waals surface area (Å²) in [6.45, 7) is 0. The van der Waals surface area contributed by atoms with Crippen LogP contribution in [0.3, 0.4) is 0 Å². The molecule has 7 nitrogen and oxygen atoms in total. The molecule has 2 heterocycles. The van der Waals surface area contributed by atoms with Crippen LogP contribution in [0.1, 0.15) is 30.0 Å². The molecule has 2 aliphatic rings. The van der Waals surface area contributed by atoms with Gasteiger partial charge in [0.25, 0.3) is 5.91 Å². The molecule has 2 aliphatic heterocycles. The zero-order valence-electron chi connectivity index (χ0n) is 19.4. The maximum absolute atomic E-state index is 12.7. The standard InChI is InChI=1S/C27H23ClN4O3S/c1-35-21-13-9-17(10-14-21)22-15-23(18-7-11-19(28)12-8-18)32(31-22)27-30-26(34)24(36-27)16-25(33)29-20-5-3-2-4-6-20/h2-14,23-24H,15-16H2,1H3,(H,29,33). The Hall–Kier alpha value is -3.62. The summed E-state index contributed by atoms with van der Waals surface area (Å²) in [7, 11) is 1.63. The van der Waals surface area contributed by atoms with E-state index in [-0.39, 0.29) is 24.3 Å². The minimum Gasteiger partial charge on any atom is -0.497 e. The highest BCUT2D eigenvalue weighted by molar-refractivity contribution is 8.15. The number of anilines is 1. The van der Waals surface area contributed by atoms with Gasteiger partial charge < -0.3 is 10.1 Å². The summed E-state index contributed by atoms with van der Waals surface area (Å²) in [6, 6.07) is 24.3. The fourth-order valence-corrected chi connectivity index (χ4v) is 5.28. The van der Waals surface area contributed by atoms with Crippen LogP contribution in [0.2, 0.25) is 5.02 Å². The summed E-state index contributed by atoms with van der Waals surface area (Å²) < 4.78 is 5.27. The molecule has 1 N–H and O–H groups in total. The number of ether oxygens (including phenoxy) is 1. The molecule has 2 atom stereocenters. The predicted octanol–water partition coefficient (Wildman–Crippen LogP) is 5.53. The SMILES string of the molecule is COc1ccc(C2=NN(C3=NC(=O)C(CC(=O)Nc4ccccc4)S3)C(c3ccc(Cl)cc3)C2)cc1. The van der Waals surface area contributed by atoms with Crippen LogP contribution in [-0.2, 0) is 9.59 Å². The first-order chi connectivity index (χ1) is 17.5. The number of hydrogen-bond acceptors (Lipinski definition) is 6. The number of carbonyl (C=O) groups is 2. The first-order valence-electron chi connectivity index (χ1n) is 11.4. The first-order valence-corrected chi connectivity index (χ1v) is 12.7. The van der Waals surface area contributed by atoms with Gasteiger partial charge in [0.15, 0.2) is 5.17 Å². The van der Waals surface area contributed by atoms with E-state index in [2.05, 4.69) is 10.3 Å². The zero-order chi connectivity index (χ0) is 25.1. The molecule has 0 aliphatic carbocycles. The monoisotopic (exact) mass is 518 g/mol. The van der Waals surface area contributed by atoms with Gasteiger partial charge in [0, 0.05) is 23.6 Å². The summed E-state index contributed by atoms with van der Waals surface area (Å²) in [5.41, 5.74) is 3.53. The second-order valence-electron chi connectivity index (χ2n) is 8.35. The number of rotatable bonds is 6. The van der Waals surface area contributed by atoms with E-state index < -0.39 is 5.25 Å². The van der Waals surface area contributed by atoms with Gasteiger partial charge in [-0.15, -0.1) is 0 Å². The molecule has 36 heavy (non-hydrogen) atoms. The second-order valence-corrected chi connectivity index (χ2v) is 9.95. The fraction of sp³-hybridized carbons (Fsp3) is 0.185. The third kappa shape index (κ3) is 5.29. The Labute approximate surface area is 218 Å². The highest BCUT2D eigenvalue weighted by Crippen LogP contribution is 2.39. The number of thioether (sulfide) groups is 1. The normalized spacial score (nSPS) is 19.2. The highest BCUT2D eigenvalue weighted by Gasteiger charge is 2.39. The van der Waals surface area contributed by atoms with Gasteiger partial charge in [0.05, 0.1) is 18.9 Å². The van der Waals surface area contributed by atoms with E-state index in [1.807, 2.05) is 66.7 Å². The van der Waals surface area contributed by atoms with E-state index in [4.69, 9.17) is 21.4 Å².